The molecule has 22 heavy (non-hydrogen) atoms. The molecule has 1 unspecified atom stereocenters. The second-order valence-electron chi connectivity index (χ2n) is 5.03. The Kier molecular flexibility index (Phi) is 5.52. The standard InChI is InChI=1S/C16H22N4O2/c1-4-6-7-13(22-5-2)14-11(3)19-16(21)20-15(14)12-8-17-10-18-9-12/h7-10,15H,4-6H2,1-3H3,(H2,19,20,21)/b13-7-. The van der Waals surface area contributed by atoms with E-state index in [4.69, 9.17) is 4.74 Å². The molecule has 1 aromatic heterocycles. The predicted molar refractivity (Wildman–Crippen MR) is 83.8 cm³/mol. The van der Waals surface area contributed by atoms with Crippen LogP contribution in [0.4, 0.5) is 4.79 Å². The Bertz CT molecular complexity index is 581. The number of ether oxygens (including phenoxy) is 1. The largest absolute Gasteiger partial charge is 0.494 e. The predicted octanol–water partition coefficient (Wildman–Crippen LogP) is 2.83. The van der Waals surface area contributed by atoms with Crippen molar-refractivity contribution in [2.24, 2.45) is 0 Å². The molecular weight excluding hydrogens is 280 g/mol. The van der Waals surface area contributed by atoms with E-state index in [1.54, 1.807) is 12.4 Å². The van der Waals surface area contributed by atoms with Gasteiger partial charge in [0.1, 0.15) is 12.1 Å². The van der Waals surface area contributed by atoms with Gasteiger partial charge < -0.3 is 15.4 Å². The van der Waals surface area contributed by atoms with Crippen LogP contribution in [0.25, 0.3) is 0 Å². The quantitative estimate of drug-likeness (QED) is 0.792. The van der Waals surface area contributed by atoms with Gasteiger partial charge in [-0.25, -0.2) is 14.8 Å². The molecule has 0 spiro atoms. The fourth-order valence-electron chi connectivity index (χ4n) is 2.41. The van der Waals surface area contributed by atoms with Crippen LogP contribution in [-0.2, 0) is 4.74 Å². The minimum absolute atomic E-state index is 0.235. The molecule has 2 rings (SSSR count). The van der Waals surface area contributed by atoms with Crippen LogP contribution in [-0.4, -0.2) is 22.6 Å². The highest BCUT2D eigenvalue weighted by Crippen LogP contribution is 2.32. The first-order valence-electron chi connectivity index (χ1n) is 7.53. The number of rotatable bonds is 6. The third-order valence-corrected chi connectivity index (χ3v) is 3.37. The van der Waals surface area contributed by atoms with Crippen molar-refractivity contribution in [1.82, 2.24) is 20.6 Å². The van der Waals surface area contributed by atoms with Gasteiger partial charge in [-0.05, 0) is 26.3 Å². The molecule has 2 N–H and O–H groups in total. The molecular formula is C16H22N4O2. The number of urea groups is 1. The number of carbonyl (C=O) groups excluding carboxylic acids is 1. The first kappa shape index (κ1) is 16.0. The molecule has 0 saturated heterocycles. The topological polar surface area (TPSA) is 76.1 Å². The maximum Gasteiger partial charge on any atom is 0.319 e. The Morgan fingerprint density at radius 3 is 2.73 bits per heavy atom. The number of nitrogens with zero attached hydrogens (tertiary/aromatic N) is 2. The SMILES string of the molecule is CCC/C=C(\OCC)C1=C(C)NC(=O)NC1c1cncnc1. The van der Waals surface area contributed by atoms with Gasteiger partial charge in [0.05, 0.1) is 12.6 Å². The van der Waals surface area contributed by atoms with Gasteiger partial charge in [0.2, 0.25) is 0 Å². The Labute approximate surface area is 130 Å². The smallest absolute Gasteiger partial charge is 0.319 e. The number of hydrogen-bond acceptors (Lipinski definition) is 4. The summed E-state index contributed by atoms with van der Waals surface area (Å²) in [7, 11) is 0. The molecule has 118 valence electrons. The lowest BCUT2D eigenvalue weighted by Crippen LogP contribution is -2.44. The fourth-order valence-corrected chi connectivity index (χ4v) is 2.41. The van der Waals surface area contributed by atoms with Crippen molar-refractivity contribution in [3.05, 3.63) is 47.4 Å². The Morgan fingerprint density at radius 1 is 1.36 bits per heavy atom. The molecule has 1 aromatic rings. The second kappa shape index (κ2) is 7.59. The van der Waals surface area contributed by atoms with Crippen molar-refractivity contribution in [2.45, 2.75) is 39.7 Å². The zero-order valence-electron chi connectivity index (χ0n) is 13.2. The van der Waals surface area contributed by atoms with E-state index < -0.39 is 0 Å². The van der Waals surface area contributed by atoms with Crippen molar-refractivity contribution in [3.63, 3.8) is 0 Å². The van der Waals surface area contributed by atoms with E-state index in [9.17, 15) is 4.79 Å². The van der Waals surface area contributed by atoms with E-state index in [1.165, 1.54) is 6.33 Å². The first-order valence-corrected chi connectivity index (χ1v) is 7.53. The number of carbonyl (C=O) groups is 1. The van der Waals surface area contributed by atoms with E-state index in [0.29, 0.717) is 6.61 Å². The number of allylic oxidation sites excluding steroid dienone is 2. The van der Waals surface area contributed by atoms with Crippen molar-refractivity contribution >= 4 is 6.03 Å². The summed E-state index contributed by atoms with van der Waals surface area (Å²) in [4.78, 5) is 19.9. The van der Waals surface area contributed by atoms with Crippen LogP contribution in [0.5, 0.6) is 0 Å². The molecule has 2 heterocycles. The van der Waals surface area contributed by atoms with Crippen LogP contribution in [0.2, 0.25) is 0 Å². The number of nitrogens with one attached hydrogen (secondary N) is 2. The highest BCUT2D eigenvalue weighted by atomic mass is 16.5. The zero-order chi connectivity index (χ0) is 15.9. The van der Waals surface area contributed by atoms with E-state index in [1.807, 2.05) is 13.8 Å². The molecule has 2 amide bonds. The Morgan fingerprint density at radius 2 is 2.09 bits per heavy atom. The molecule has 6 heteroatoms. The van der Waals surface area contributed by atoms with Crippen LogP contribution >= 0.6 is 0 Å². The third kappa shape index (κ3) is 3.63. The second-order valence-corrected chi connectivity index (χ2v) is 5.03. The lowest BCUT2D eigenvalue weighted by molar-refractivity contribution is 0.222. The average Bonchev–Trinajstić information content (AvgIpc) is 2.52. The van der Waals surface area contributed by atoms with Crippen LogP contribution in [0.3, 0.4) is 0 Å². The number of amides is 2. The molecule has 0 bridgehead atoms. The molecule has 0 radical (unpaired) electrons. The fraction of sp³-hybridized carbons (Fsp3) is 0.438. The number of unbranched alkanes of at least 4 members (excludes halogenated alkanes) is 1. The van der Waals surface area contributed by atoms with Gasteiger partial charge in [0.25, 0.3) is 0 Å². The summed E-state index contributed by atoms with van der Waals surface area (Å²) < 4.78 is 5.81. The summed E-state index contributed by atoms with van der Waals surface area (Å²) >= 11 is 0. The van der Waals surface area contributed by atoms with Crippen molar-refractivity contribution < 1.29 is 9.53 Å². The van der Waals surface area contributed by atoms with Gasteiger partial charge in [0.15, 0.2) is 0 Å². The number of hydrogen-bond donors (Lipinski definition) is 2. The average molecular weight is 302 g/mol. The summed E-state index contributed by atoms with van der Waals surface area (Å²) in [6.07, 6.45) is 8.90. The Balaban J connectivity index is 2.45. The molecule has 6 nitrogen and oxygen atoms in total. The van der Waals surface area contributed by atoms with Crippen LogP contribution < -0.4 is 10.6 Å². The monoisotopic (exact) mass is 302 g/mol. The molecule has 0 saturated carbocycles. The van der Waals surface area contributed by atoms with Crippen molar-refractivity contribution in [2.75, 3.05) is 6.61 Å². The van der Waals surface area contributed by atoms with Crippen LogP contribution in [0.15, 0.2) is 41.8 Å². The molecule has 0 aromatic carbocycles. The molecule has 0 fully saturated rings. The summed E-state index contributed by atoms with van der Waals surface area (Å²) in [5.74, 6) is 0.795. The molecule has 1 aliphatic rings. The highest BCUT2D eigenvalue weighted by molar-refractivity contribution is 5.79. The first-order chi connectivity index (χ1) is 10.7. The van der Waals surface area contributed by atoms with Gasteiger partial charge in [0, 0.05) is 29.2 Å². The highest BCUT2D eigenvalue weighted by Gasteiger charge is 2.29. The Hall–Kier alpha value is -2.37. The van der Waals surface area contributed by atoms with Gasteiger partial charge in [-0.3, -0.25) is 0 Å². The van der Waals surface area contributed by atoms with E-state index >= 15 is 0 Å². The van der Waals surface area contributed by atoms with E-state index in [2.05, 4.69) is 33.6 Å². The lowest BCUT2D eigenvalue weighted by Gasteiger charge is -2.30. The summed E-state index contributed by atoms with van der Waals surface area (Å²) in [5.41, 5.74) is 2.53. The van der Waals surface area contributed by atoms with Crippen molar-refractivity contribution in [3.8, 4) is 0 Å². The van der Waals surface area contributed by atoms with Gasteiger partial charge in [-0.1, -0.05) is 13.3 Å². The van der Waals surface area contributed by atoms with Gasteiger partial charge in [-0.15, -0.1) is 0 Å². The molecule has 1 aliphatic heterocycles. The van der Waals surface area contributed by atoms with Crippen LogP contribution in [0.1, 0.15) is 45.2 Å². The number of aromatic nitrogens is 2. The van der Waals surface area contributed by atoms with Crippen LogP contribution in [0, 0.1) is 0 Å². The zero-order valence-corrected chi connectivity index (χ0v) is 13.2. The van der Waals surface area contributed by atoms with E-state index in [0.717, 1.165) is 35.4 Å². The maximum atomic E-state index is 11.8. The summed E-state index contributed by atoms with van der Waals surface area (Å²) in [6.45, 7) is 6.51. The molecule has 1 atom stereocenters. The normalized spacial score (nSPS) is 18.8. The molecule has 0 aliphatic carbocycles. The minimum atomic E-state index is -0.315. The summed E-state index contributed by atoms with van der Waals surface area (Å²) in [6, 6.07) is -0.550. The van der Waals surface area contributed by atoms with Gasteiger partial charge in [-0.2, -0.15) is 0 Å². The van der Waals surface area contributed by atoms with E-state index in [-0.39, 0.29) is 12.1 Å². The third-order valence-electron chi connectivity index (χ3n) is 3.37. The minimum Gasteiger partial charge on any atom is -0.494 e. The van der Waals surface area contributed by atoms with Gasteiger partial charge >= 0.3 is 6.03 Å². The van der Waals surface area contributed by atoms with Crippen molar-refractivity contribution in [1.29, 1.82) is 0 Å². The maximum absolute atomic E-state index is 11.8. The summed E-state index contributed by atoms with van der Waals surface area (Å²) in [5, 5.41) is 5.73. The lowest BCUT2D eigenvalue weighted by atomic mass is 9.95.